The molecule has 0 aliphatic heterocycles. The minimum Gasteiger partial charge on any atom is -0.455 e. The largest absolute Gasteiger partial charge is 0.455 e. The van der Waals surface area contributed by atoms with Gasteiger partial charge in [-0.3, -0.25) is 0 Å². The van der Waals surface area contributed by atoms with Crippen LogP contribution in [0.1, 0.15) is 0 Å². The summed E-state index contributed by atoms with van der Waals surface area (Å²) >= 11 is 0. The van der Waals surface area contributed by atoms with Crippen molar-refractivity contribution in [3.8, 4) is 39.1 Å². The van der Waals surface area contributed by atoms with Gasteiger partial charge in [0.1, 0.15) is 11.2 Å². The van der Waals surface area contributed by atoms with Crippen LogP contribution in [-0.2, 0) is 0 Å². The summed E-state index contributed by atoms with van der Waals surface area (Å²) in [6.07, 6.45) is 0. The molecule has 14 aromatic rings. The average molecular weight is 879 g/mol. The molecule has 0 N–H and O–H groups in total. The van der Waals surface area contributed by atoms with Crippen molar-refractivity contribution in [1.82, 2.24) is 4.57 Å². The first-order chi connectivity index (χ1) is 34.2. The van der Waals surface area contributed by atoms with Crippen LogP contribution in [0.25, 0.3) is 115 Å². The van der Waals surface area contributed by atoms with Gasteiger partial charge in [-0.15, -0.1) is 0 Å². The fraction of sp³-hybridized carbons (Fsp3) is 0. The van der Waals surface area contributed by atoms with Gasteiger partial charge in [0.25, 0.3) is 0 Å². The molecular weight excluding hydrogens is 837 g/mol. The second-order valence-electron chi connectivity index (χ2n) is 18.0. The van der Waals surface area contributed by atoms with Crippen molar-refractivity contribution in [2.24, 2.45) is 0 Å². The summed E-state index contributed by atoms with van der Waals surface area (Å²) < 4.78 is 9.26. The van der Waals surface area contributed by atoms with Crippen molar-refractivity contribution < 1.29 is 4.42 Å². The molecule has 0 atom stereocenters. The van der Waals surface area contributed by atoms with Crippen LogP contribution in [0.3, 0.4) is 0 Å². The van der Waals surface area contributed by atoms with E-state index in [1.165, 1.54) is 70.8 Å². The Hall–Kier alpha value is -9.18. The molecule has 3 nitrogen and oxygen atoms in total. The van der Waals surface area contributed by atoms with E-state index >= 15 is 0 Å². The van der Waals surface area contributed by atoms with E-state index in [0.29, 0.717) is 0 Å². The van der Waals surface area contributed by atoms with E-state index in [9.17, 15) is 0 Å². The van der Waals surface area contributed by atoms with Gasteiger partial charge >= 0.3 is 0 Å². The van der Waals surface area contributed by atoms with E-state index in [-0.39, 0.29) is 0 Å². The van der Waals surface area contributed by atoms with E-state index in [0.717, 1.165) is 61.4 Å². The Morgan fingerprint density at radius 2 is 0.841 bits per heavy atom. The Kier molecular flexibility index (Phi) is 8.90. The lowest BCUT2D eigenvalue weighted by atomic mass is 9.97. The second kappa shape index (κ2) is 15.7. The third kappa shape index (κ3) is 6.36. The van der Waals surface area contributed by atoms with Gasteiger partial charge in [0, 0.05) is 49.6 Å². The highest BCUT2D eigenvalue weighted by molar-refractivity contribution is 6.14. The maximum Gasteiger partial charge on any atom is 0.143 e. The third-order valence-corrected chi connectivity index (χ3v) is 14.2. The zero-order chi connectivity index (χ0) is 45.4. The number of nitrogens with zero attached hydrogens (tertiary/aromatic N) is 2. The Balaban J connectivity index is 0.915. The SMILES string of the molecule is c1ccc(N(c2ccc(-c3ccc4c(ccc5ccccc54)c3)cc2)c2ccc(-c3ccccc3-n3c4ccccc4c4ccccc43)cc2)c(-c2cccc3c2oc2cc4ccccc4cc23)c1. The number of rotatable bonds is 7. The Morgan fingerprint density at radius 3 is 1.59 bits per heavy atom. The molecule has 0 saturated carbocycles. The van der Waals surface area contributed by atoms with Crippen LogP contribution in [0.2, 0.25) is 0 Å². The summed E-state index contributed by atoms with van der Waals surface area (Å²) in [4.78, 5) is 2.39. The monoisotopic (exact) mass is 878 g/mol. The molecule has 0 aliphatic rings. The van der Waals surface area contributed by atoms with Gasteiger partial charge in [-0.1, -0.05) is 188 Å². The molecule has 0 spiro atoms. The summed E-state index contributed by atoms with van der Waals surface area (Å²) in [7, 11) is 0. The van der Waals surface area contributed by atoms with Crippen molar-refractivity contribution in [2.75, 3.05) is 4.90 Å². The second-order valence-corrected chi connectivity index (χ2v) is 18.0. The molecule has 0 radical (unpaired) electrons. The van der Waals surface area contributed by atoms with Gasteiger partial charge in [0.05, 0.1) is 22.4 Å². The van der Waals surface area contributed by atoms with Gasteiger partial charge in [-0.25, -0.2) is 0 Å². The fourth-order valence-electron chi connectivity index (χ4n) is 10.9. The minimum atomic E-state index is 0.881. The highest BCUT2D eigenvalue weighted by Gasteiger charge is 2.22. The number of fused-ring (bicyclic) bond motifs is 10. The quantitative estimate of drug-likeness (QED) is 0.149. The van der Waals surface area contributed by atoms with Gasteiger partial charge in [-0.05, 0) is 116 Å². The molecule has 0 amide bonds. The minimum absolute atomic E-state index is 0.881. The number of aromatic nitrogens is 1. The molecule has 2 heterocycles. The smallest absolute Gasteiger partial charge is 0.143 e. The van der Waals surface area contributed by atoms with Crippen LogP contribution in [0.4, 0.5) is 17.1 Å². The van der Waals surface area contributed by atoms with E-state index in [4.69, 9.17) is 4.42 Å². The van der Waals surface area contributed by atoms with Crippen molar-refractivity contribution in [3.63, 3.8) is 0 Å². The van der Waals surface area contributed by atoms with Gasteiger partial charge in [0.2, 0.25) is 0 Å². The van der Waals surface area contributed by atoms with Crippen LogP contribution in [0, 0.1) is 0 Å². The number of furan rings is 1. The highest BCUT2D eigenvalue weighted by atomic mass is 16.3. The number of benzene rings is 12. The molecular formula is C66H42N2O. The molecule has 12 aromatic carbocycles. The van der Waals surface area contributed by atoms with Crippen molar-refractivity contribution >= 4 is 93.1 Å². The zero-order valence-corrected chi connectivity index (χ0v) is 37.6. The maximum atomic E-state index is 6.85. The fourth-order valence-corrected chi connectivity index (χ4v) is 10.9. The lowest BCUT2D eigenvalue weighted by Gasteiger charge is -2.28. The number of hydrogen-bond acceptors (Lipinski definition) is 2. The first kappa shape index (κ1) is 39.0. The summed E-state index contributed by atoms with van der Waals surface area (Å²) in [6, 6.07) is 92.5. The van der Waals surface area contributed by atoms with Crippen molar-refractivity contribution in [2.45, 2.75) is 0 Å². The van der Waals surface area contributed by atoms with Crippen molar-refractivity contribution in [3.05, 3.63) is 255 Å². The molecule has 0 unspecified atom stereocenters. The molecule has 69 heavy (non-hydrogen) atoms. The van der Waals surface area contributed by atoms with Crippen LogP contribution in [0.5, 0.6) is 0 Å². The number of para-hydroxylation sites is 5. The molecule has 0 fully saturated rings. The van der Waals surface area contributed by atoms with Crippen LogP contribution in [0.15, 0.2) is 259 Å². The molecule has 14 rings (SSSR count). The third-order valence-electron chi connectivity index (χ3n) is 14.2. The van der Waals surface area contributed by atoms with Gasteiger partial charge in [0.15, 0.2) is 0 Å². The molecule has 322 valence electrons. The lowest BCUT2D eigenvalue weighted by molar-refractivity contribution is 0.670. The highest BCUT2D eigenvalue weighted by Crippen LogP contribution is 2.46. The molecule has 3 heteroatoms. The molecule has 0 saturated heterocycles. The number of hydrogen-bond donors (Lipinski definition) is 0. The number of anilines is 3. The maximum absolute atomic E-state index is 6.85. The van der Waals surface area contributed by atoms with Crippen LogP contribution >= 0.6 is 0 Å². The normalized spacial score (nSPS) is 11.8. The van der Waals surface area contributed by atoms with E-state index in [1.54, 1.807) is 0 Å². The summed E-state index contributed by atoms with van der Waals surface area (Å²) in [5, 5.41) is 12.1. The van der Waals surface area contributed by atoms with E-state index < -0.39 is 0 Å². The molecule has 0 aliphatic carbocycles. The van der Waals surface area contributed by atoms with E-state index in [2.05, 4.69) is 264 Å². The standard InChI is InChI=1S/C66H42N2O/c1-2-16-47-42-65-60(41-46(47)15-1)59-23-13-22-58(66(59)69-65)57-21-8-10-25-62(57)67(50-35-30-43(31-36-50)48-34-39-53-49(40-48)29-28-44-14-3-4-17-52(44)53)51-37-32-45(33-38-51)54-18-5-9-24-61(54)68-63-26-11-6-19-55(63)56-20-7-12-27-64(56)68/h1-42H. The van der Waals surface area contributed by atoms with E-state index in [1.807, 2.05) is 0 Å². The van der Waals surface area contributed by atoms with Crippen molar-refractivity contribution in [1.29, 1.82) is 0 Å². The Bertz CT molecular complexity index is 4260. The first-order valence-electron chi connectivity index (χ1n) is 23.7. The molecule has 0 bridgehead atoms. The lowest BCUT2D eigenvalue weighted by Crippen LogP contribution is -2.11. The summed E-state index contributed by atoms with van der Waals surface area (Å²) in [5.74, 6) is 0. The average Bonchev–Trinajstić information content (AvgIpc) is 3.96. The van der Waals surface area contributed by atoms with Gasteiger partial charge in [-0.2, -0.15) is 0 Å². The van der Waals surface area contributed by atoms with Gasteiger partial charge < -0.3 is 13.9 Å². The topological polar surface area (TPSA) is 21.3 Å². The first-order valence-corrected chi connectivity index (χ1v) is 23.7. The summed E-state index contributed by atoms with van der Waals surface area (Å²) in [5.41, 5.74) is 15.3. The molecule has 2 aromatic heterocycles. The predicted molar refractivity (Wildman–Crippen MR) is 292 cm³/mol. The Labute approximate surface area is 399 Å². The zero-order valence-electron chi connectivity index (χ0n) is 37.6. The predicted octanol–water partition coefficient (Wildman–Crippen LogP) is 18.6. The van der Waals surface area contributed by atoms with Crippen LogP contribution < -0.4 is 4.90 Å². The Morgan fingerprint density at radius 1 is 0.304 bits per heavy atom. The summed E-state index contributed by atoms with van der Waals surface area (Å²) in [6.45, 7) is 0. The van der Waals surface area contributed by atoms with Crippen LogP contribution in [-0.4, -0.2) is 4.57 Å².